The van der Waals surface area contributed by atoms with Crippen molar-refractivity contribution in [2.24, 2.45) is 0 Å². The maximum atomic E-state index is 12.6. The minimum Gasteiger partial charge on any atom is -0.497 e. The summed E-state index contributed by atoms with van der Waals surface area (Å²) >= 11 is 1.27. The van der Waals surface area contributed by atoms with Crippen LogP contribution in [0.2, 0.25) is 0 Å². The van der Waals surface area contributed by atoms with E-state index in [0.717, 1.165) is 22.3 Å². The average molecular weight is 428 g/mol. The number of nitrogens with one attached hydrogen (secondary N) is 1. The number of esters is 1. The van der Waals surface area contributed by atoms with Crippen LogP contribution >= 0.6 is 11.8 Å². The second-order valence-electron chi connectivity index (χ2n) is 6.92. The minimum absolute atomic E-state index is 0.109. The van der Waals surface area contributed by atoms with Gasteiger partial charge < -0.3 is 19.4 Å². The maximum absolute atomic E-state index is 12.6. The molecule has 1 aromatic heterocycles. The van der Waals surface area contributed by atoms with Crippen LogP contribution in [0.25, 0.3) is 11.0 Å². The number of amides is 1. The Hall–Kier alpha value is -3.00. The van der Waals surface area contributed by atoms with Crippen LogP contribution in [0, 0.1) is 0 Å². The monoisotopic (exact) mass is 427 g/mol. The summed E-state index contributed by atoms with van der Waals surface area (Å²) in [4.78, 5) is 29.1. The second kappa shape index (κ2) is 10.2. The summed E-state index contributed by atoms with van der Waals surface area (Å²) in [5.74, 6) is 0.459. The number of fused-ring (bicyclic) bond motifs is 1. The Balaban J connectivity index is 1.68. The predicted molar refractivity (Wildman–Crippen MR) is 117 cm³/mol. The van der Waals surface area contributed by atoms with Gasteiger partial charge in [-0.2, -0.15) is 0 Å². The molecule has 158 valence electrons. The molecule has 0 unspecified atom stereocenters. The molecule has 8 heteroatoms. The number of hydrogen-bond acceptors (Lipinski definition) is 6. The molecule has 0 saturated carbocycles. The molecule has 0 fully saturated rings. The van der Waals surface area contributed by atoms with Crippen molar-refractivity contribution >= 4 is 34.7 Å². The Labute approximate surface area is 179 Å². The fraction of sp³-hybridized carbons (Fsp3) is 0.318. The summed E-state index contributed by atoms with van der Waals surface area (Å²) < 4.78 is 12.2. The van der Waals surface area contributed by atoms with Gasteiger partial charge in [-0.05, 0) is 43.7 Å². The Morgan fingerprint density at radius 1 is 1.13 bits per heavy atom. The van der Waals surface area contributed by atoms with Crippen molar-refractivity contribution in [3.05, 3.63) is 54.1 Å². The Kier molecular flexibility index (Phi) is 7.35. The van der Waals surface area contributed by atoms with Crippen LogP contribution < -0.4 is 10.1 Å². The van der Waals surface area contributed by atoms with Crippen LogP contribution in [0.3, 0.4) is 0 Å². The van der Waals surface area contributed by atoms with Crippen molar-refractivity contribution in [3.8, 4) is 5.75 Å². The summed E-state index contributed by atoms with van der Waals surface area (Å²) in [6, 6.07) is 15.1. The summed E-state index contributed by atoms with van der Waals surface area (Å²) in [5, 5.41) is 3.54. The second-order valence-corrected chi connectivity index (χ2v) is 7.86. The summed E-state index contributed by atoms with van der Waals surface area (Å²) in [6.45, 7) is 4.15. The van der Waals surface area contributed by atoms with Crippen molar-refractivity contribution in [1.29, 1.82) is 0 Å². The highest BCUT2D eigenvalue weighted by atomic mass is 32.2. The number of hydrogen-bond donors (Lipinski definition) is 1. The number of rotatable bonds is 9. The molecule has 0 atom stereocenters. The van der Waals surface area contributed by atoms with Crippen molar-refractivity contribution in [3.63, 3.8) is 0 Å². The molecule has 0 spiro atoms. The number of aromatic nitrogens is 2. The fourth-order valence-corrected chi connectivity index (χ4v) is 3.68. The summed E-state index contributed by atoms with van der Waals surface area (Å²) in [5.41, 5.74) is 2.60. The van der Waals surface area contributed by atoms with Gasteiger partial charge in [0.2, 0.25) is 5.91 Å². The van der Waals surface area contributed by atoms with Crippen LogP contribution in [0.1, 0.15) is 19.4 Å². The van der Waals surface area contributed by atoms with E-state index in [9.17, 15) is 9.59 Å². The third-order valence-corrected chi connectivity index (χ3v) is 5.21. The highest BCUT2D eigenvalue weighted by molar-refractivity contribution is 7.99. The fourth-order valence-electron chi connectivity index (χ4n) is 2.88. The lowest BCUT2D eigenvalue weighted by Crippen LogP contribution is -2.27. The van der Waals surface area contributed by atoms with Gasteiger partial charge in [-0.1, -0.05) is 36.0 Å². The number of ether oxygens (including phenoxy) is 2. The number of methoxy groups -OCH3 is 1. The average Bonchev–Trinajstić information content (AvgIpc) is 3.08. The zero-order chi connectivity index (χ0) is 21.5. The lowest BCUT2D eigenvalue weighted by Gasteiger charge is -2.11. The summed E-state index contributed by atoms with van der Waals surface area (Å²) in [7, 11) is 1.62. The molecule has 0 radical (unpaired) electrons. The molecule has 0 bridgehead atoms. The zero-order valence-electron chi connectivity index (χ0n) is 17.3. The number of imidazole rings is 1. The minimum atomic E-state index is -0.308. The van der Waals surface area contributed by atoms with E-state index in [1.165, 1.54) is 11.8 Å². The molecule has 3 rings (SSSR count). The van der Waals surface area contributed by atoms with Crippen molar-refractivity contribution in [1.82, 2.24) is 14.9 Å². The zero-order valence-corrected chi connectivity index (χ0v) is 18.1. The molecule has 0 aliphatic heterocycles. The van der Waals surface area contributed by atoms with E-state index in [-0.39, 0.29) is 30.3 Å². The molecule has 7 nitrogen and oxygen atoms in total. The number of carbonyl (C=O) groups is 2. The first-order valence-electron chi connectivity index (χ1n) is 9.63. The number of benzene rings is 2. The van der Waals surface area contributed by atoms with Gasteiger partial charge in [0.15, 0.2) is 5.16 Å². The molecule has 2 aromatic carbocycles. The van der Waals surface area contributed by atoms with E-state index in [4.69, 9.17) is 9.47 Å². The Bertz CT molecular complexity index is 1010. The quantitative estimate of drug-likeness (QED) is 0.416. The summed E-state index contributed by atoms with van der Waals surface area (Å²) in [6.07, 6.45) is -0.166. The molecule has 0 aliphatic carbocycles. The highest BCUT2D eigenvalue weighted by Gasteiger charge is 2.16. The van der Waals surface area contributed by atoms with Crippen LogP contribution in [0.5, 0.6) is 5.75 Å². The Morgan fingerprint density at radius 3 is 2.57 bits per heavy atom. The molecule has 0 saturated heterocycles. The first kappa shape index (κ1) is 21.7. The number of thioether (sulfide) groups is 1. The van der Waals surface area contributed by atoms with Crippen LogP contribution in [-0.2, 0) is 27.4 Å². The molecule has 30 heavy (non-hydrogen) atoms. The third kappa shape index (κ3) is 5.76. The molecule has 1 amide bonds. The van der Waals surface area contributed by atoms with Gasteiger partial charge in [-0.25, -0.2) is 4.98 Å². The number of nitrogens with zero attached hydrogens (tertiary/aromatic N) is 2. The smallest absolute Gasteiger partial charge is 0.316 e. The van der Waals surface area contributed by atoms with Gasteiger partial charge in [-0.15, -0.1) is 0 Å². The van der Waals surface area contributed by atoms with E-state index in [2.05, 4.69) is 10.3 Å². The first-order valence-corrected chi connectivity index (χ1v) is 10.6. The van der Waals surface area contributed by atoms with Crippen LogP contribution in [-0.4, -0.2) is 40.4 Å². The van der Waals surface area contributed by atoms with Crippen LogP contribution in [0.15, 0.2) is 53.7 Å². The van der Waals surface area contributed by atoms with Crippen molar-refractivity contribution < 1.29 is 19.1 Å². The molecule has 0 aliphatic rings. The first-order chi connectivity index (χ1) is 14.5. The lowest BCUT2D eigenvalue weighted by atomic mass is 10.2. The van der Waals surface area contributed by atoms with Gasteiger partial charge in [0.25, 0.3) is 0 Å². The molecule has 3 aromatic rings. The number of para-hydroxylation sites is 2. The standard InChI is InChI=1S/C22H25N3O4S/c1-15(2)29-21(27)14-30-22-24-18-6-4-5-7-19(18)25(22)13-20(26)23-12-16-8-10-17(28-3)11-9-16/h4-11,15H,12-14H2,1-3H3,(H,23,26). The molecular weight excluding hydrogens is 402 g/mol. The van der Waals surface area contributed by atoms with Gasteiger partial charge >= 0.3 is 5.97 Å². The topological polar surface area (TPSA) is 82.5 Å². The van der Waals surface area contributed by atoms with Crippen molar-refractivity contribution in [2.45, 2.75) is 38.2 Å². The van der Waals surface area contributed by atoms with E-state index >= 15 is 0 Å². The maximum Gasteiger partial charge on any atom is 0.316 e. The van der Waals surface area contributed by atoms with E-state index < -0.39 is 0 Å². The van der Waals surface area contributed by atoms with Gasteiger partial charge in [-0.3, -0.25) is 9.59 Å². The highest BCUT2D eigenvalue weighted by Crippen LogP contribution is 2.24. The third-order valence-electron chi connectivity index (χ3n) is 4.26. The van der Waals surface area contributed by atoms with Gasteiger partial charge in [0, 0.05) is 6.54 Å². The molecule has 1 heterocycles. The SMILES string of the molecule is COc1ccc(CNC(=O)Cn2c(SCC(=O)OC(C)C)nc3ccccc32)cc1. The number of carbonyl (C=O) groups excluding carboxylic acids is 2. The van der Waals surface area contributed by atoms with Crippen LogP contribution in [0.4, 0.5) is 0 Å². The largest absolute Gasteiger partial charge is 0.497 e. The van der Waals surface area contributed by atoms with Crippen molar-refractivity contribution in [2.75, 3.05) is 12.9 Å². The predicted octanol–water partition coefficient (Wildman–Crippen LogP) is 3.41. The molecular formula is C22H25N3O4S. The van der Waals surface area contributed by atoms with E-state index in [1.807, 2.05) is 66.9 Å². The van der Waals surface area contributed by atoms with E-state index in [0.29, 0.717) is 11.7 Å². The Morgan fingerprint density at radius 2 is 1.87 bits per heavy atom. The van der Waals surface area contributed by atoms with Gasteiger partial charge in [0.05, 0.1) is 30.0 Å². The van der Waals surface area contributed by atoms with E-state index in [1.54, 1.807) is 7.11 Å². The molecule has 1 N–H and O–H groups in total. The lowest BCUT2D eigenvalue weighted by molar-refractivity contribution is -0.144. The normalized spacial score (nSPS) is 10.9. The van der Waals surface area contributed by atoms with Gasteiger partial charge in [0.1, 0.15) is 12.3 Å².